The summed E-state index contributed by atoms with van der Waals surface area (Å²) < 4.78 is 26.6. The van der Waals surface area contributed by atoms with Gasteiger partial charge in [-0.15, -0.1) is 0 Å². The lowest BCUT2D eigenvalue weighted by molar-refractivity contribution is -0.123. The molecule has 0 radical (unpaired) electrons. The van der Waals surface area contributed by atoms with Gasteiger partial charge in [0.2, 0.25) is 15.9 Å². The van der Waals surface area contributed by atoms with E-state index in [4.69, 9.17) is 28.9 Å². The van der Waals surface area contributed by atoms with Crippen molar-refractivity contribution < 1.29 is 13.2 Å². The zero-order chi connectivity index (χ0) is 16.5. The molecule has 0 spiro atoms. The molecule has 0 aliphatic carbocycles. The van der Waals surface area contributed by atoms with E-state index in [2.05, 4.69) is 0 Å². The van der Waals surface area contributed by atoms with Crippen molar-refractivity contribution in [1.29, 1.82) is 0 Å². The predicted octanol–water partition coefficient (Wildman–Crippen LogP) is 1.17. The fourth-order valence-corrected chi connectivity index (χ4v) is 4.48. The monoisotopic (exact) mass is 365 g/mol. The highest BCUT2D eigenvalue weighted by atomic mass is 35.5. The van der Waals surface area contributed by atoms with Gasteiger partial charge in [0.1, 0.15) is 4.90 Å². The molecule has 2 rings (SSSR count). The minimum atomic E-state index is -3.71. The van der Waals surface area contributed by atoms with E-state index in [1.807, 2.05) is 4.90 Å². The normalized spacial score (nSPS) is 19.0. The third-order valence-corrected chi connectivity index (χ3v) is 6.36. The van der Waals surface area contributed by atoms with E-state index in [0.717, 1.165) is 0 Å². The van der Waals surface area contributed by atoms with E-state index in [9.17, 15) is 13.2 Å². The third-order valence-electron chi connectivity index (χ3n) is 3.74. The number of nitrogens with two attached hydrogens (primary N) is 1. The number of nitrogens with zero attached hydrogens (tertiary/aromatic N) is 2. The summed E-state index contributed by atoms with van der Waals surface area (Å²) in [5.41, 5.74) is 5.27. The fourth-order valence-electron chi connectivity index (χ4n) is 2.33. The number of carbonyl (C=O) groups is 1. The Kier molecular flexibility index (Phi) is 5.34. The number of halogens is 2. The molecule has 1 aromatic carbocycles. The highest BCUT2D eigenvalue weighted by molar-refractivity contribution is 7.89. The van der Waals surface area contributed by atoms with E-state index < -0.39 is 22.0 Å². The van der Waals surface area contributed by atoms with Crippen LogP contribution in [0.4, 0.5) is 0 Å². The Morgan fingerprint density at radius 2 is 1.82 bits per heavy atom. The number of hydrogen-bond acceptors (Lipinski definition) is 4. The molecule has 1 heterocycles. The van der Waals surface area contributed by atoms with Crippen LogP contribution < -0.4 is 5.73 Å². The Labute approximate surface area is 139 Å². The molecule has 122 valence electrons. The van der Waals surface area contributed by atoms with Crippen LogP contribution in [0.2, 0.25) is 10.0 Å². The number of hydrogen-bond donors (Lipinski definition) is 1. The topological polar surface area (TPSA) is 83.7 Å². The molecule has 1 fully saturated rings. The van der Waals surface area contributed by atoms with Crippen molar-refractivity contribution in [2.24, 2.45) is 5.73 Å². The lowest BCUT2D eigenvalue weighted by atomic mass is 10.2. The second-order valence-corrected chi connectivity index (χ2v) is 7.84. The van der Waals surface area contributed by atoms with E-state index in [1.165, 1.54) is 22.5 Å². The molecule has 0 unspecified atom stereocenters. The van der Waals surface area contributed by atoms with Gasteiger partial charge in [-0.05, 0) is 25.1 Å². The van der Waals surface area contributed by atoms with E-state index >= 15 is 0 Å². The Hall–Kier alpha value is -0.860. The number of benzene rings is 1. The van der Waals surface area contributed by atoms with Gasteiger partial charge in [-0.3, -0.25) is 9.69 Å². The maximum atomic E-state index is 12.6. The van der Waals surface area contributed by atoms with Crippen LogP contribution in [0.5, 0.6) is 0 Å². The predicted molar refractivity (Wildman–Crippen MR) is 85.5 cm³/mol. The molecule has 1 aliphatic heterocycles. The number of sulfonamides is 1. The van der Waals surface area contributed by atoms with Crippen LogP contribution in [-0.2, 0) is 14.8 Å². The summed E-state index contributed by atoms with van der Waals surface area (Å²) in [7, 11) is -3.71. The SMILES string of the molecule is C[C@@H](C(N)=O)N1CCN(S(=O)(=O)c2cc(Cl)ccc2Cl)CC1. The van der Waals surface area contributed by atoms with E-state index in [1.54, 1.807) is 6.92 Å². The van der Waals surface area contributed by atoms with Gasteiger partial charge in [0, 0.05) is 31.2 Å². The maximum Gasteiger partial charge on any atom is 0.244 e. The molecule has 0 bridgehead atoms. The minimum Gasteiger partial charge on any atom is -0.368 e. The second-order valence-electron chi connectivity index (χ2n) is 5.09. The molecule has 1 aromatic rings. The first-order chi connectivity index (χ1) is 10.2. The Bertz CT molecular complexity index is 673. The molecular weight excluding hydrogens is 349 g/mol. The van der Waals surface area contributed by atoms with Crippen LogP contribution in [0.25, 0.3) is 0 Å². The highest BCUT2D eigenvalue weighted by Gasteiger charge is 2.32. The molecule has 0 aromatic heterocycles. The summed E-state index contributed by atoms with van der Waals surface area (Å²) >= 11 is 11.8. The number of rotatable bonds is 4. The van der Waals surface area contributed by atoms with Gasteiger partial charge < -0.3 is 5.73 Å². The van der Waals surface area contributed by atoms with Crippen LogP contribution >= 0.6 is 23.2 Å². The first-order valence-electron chi connectivity index (χ1n) is 6.72. The van der Waals surface area contributed by atoms with E-state index in [-0.39, 0.29) is 23.0 Å². The van der Waals surface area contributed by atoms with Crippen molar-refractivity contribution in [3.63, 3.8) is 0 Å². The lowest BCUT2D eigenvalue weighted by Crippen LogP contribution is -2.54. The number of primary amides is 1. The van der Waals surface area contributed by atoms with Gasteiger partial charge >= 0.3 is 0 Å². The van der Waals surface area contributed by atoms with Crippen LogP contribution in [-0.4, -0.2) is 55.8 Å². The largest absolute Gasteiger partial charge is 0.368 e. The summed E-state index contributed by atoms with van der Waals surface area (Å²) in [6.07, 6.45) is 0. The number of amides is 1. The molecule has 1 atom stereocenters. The summed E-state index contributed by atoms with van der Waals surface area (Å²) in [5.74, 6) is -0.422. The van der Waals surface area contributed by atoms with Gasteiger partial charge in [0.25, 0.3) is 0 Å². The molecule has 1 saturated heterocycles. The van der Waals surface area contributed by atoms with Crippen molar-refractivity contribution in [3.05, 3.63) is 28.2 Å². The Balaban J connectivity index is 2.16. The first kappa shape index (κ1) is 17.5. The van der Waals surface area contributed by atoms with Crippen molar-refractivity contribution in [2.45, 2.75) is 17.9 Å². The van der Waals surface area contributed by atoms with Crippen LogP contribution in [0.1, 0.15) is 6.92 Å². The van der Waals surface area contributed by atoms with Crippen LogP contribution in [0.15, 0.2) is 23.1 Å². The van der Waals surface area contributed by atoms with Crippen molar-refractivity contribution in [1.82, 2.24) is 9.21 Å². The van der Waals surface area contributed by atoms with E-state index in [0.29, 0.717) is 18.1 Å². The molecular formula is C13H17Cl2N3O3S. The fraction of sp³-hybridized carbons (Fsp3) is 0.462. The first-order valence-corrected chi connectivity index (χ1v) is 8.91. The van der Waals surface area contributed by atoms with Gasteiger partial charge in [-0.25, -0.2) is 8.42 Å². The molecule has 1 aliphatic rings. The summed E-state index contributed by atoms with van der Waals surface area (Å²) in [6, 6.07) is 3.93. The molecule has 6 nitrogen and oxygen atoms in total. The minimum absolute atomic E-state index is 0.00179. The number of carbonyl (C=O) groups excluding carboxylic acids is 1. The second kappa shape index (κ2) is 6.72. The van der Waals surface area contributed by atoms with Crippen LogP contribution in [0, 0.1) is 0 Å². The lowest BCUT2D eigenvalue weighted by Gasteiger charge is -2.36. The molecule has 9 heteroatoms. The smallest absolute Gasteiger partial charge is 0.244 e. The third kappa shape index (κ3) is 3.55. The van der Waals surface area contributed by atoms with Crippen molar-refractivity contribution in [3.8, 4) is 0 Å². The zero-order valence-electron chi connectivity index (χ0n) is 12.0. The van der Waals surface area contributed by atoms with Gasteiger partial charge in [-0.2, -0.15) is 4.31 Å². The molecule has 0 saturated carbocycles. The molecule has 1 amide bonds. The van der Waals surface area contributed by atoms with Crippen molar-refractivity contribution >= 4 is 39.1 Å². The summed E-state index contributed by atoms with van der Waals surface area (Å²) in [5, 5.41) is 0.446. The molecule has 2 N–H and O–H groups in total. The quantitative estimate of drug-likeness (QED) is 0.867. The highest BCUT2D eigenvalue weighted by Crippen LogP contribution is 2.28. The van der Waals surface area contributed by atoms with Crippen molar-refractivity contribution in [2.75, 3.05) is 26.2 Å². The van der Waals surface area contributed by atoms with Crippen LogP contribution in [0.3, 0.4) is 0 Å². The standard InChI is InChI=1S/C13H17Cl2N3O3S/c1-9(13(16)19)17-4-6-18(7-5-17)22(20,21)12-8-10(14)2-3-11(12)15/h2-3,8-9H,4-7H2,1H3,(H2,16,19)/t9-/m0/s1. The summed E-state index contributed by atoms with van der Waals surface area (Å²) in [6.45, 7) is 3.11. The average molecular weight is 366 g/mol. The maximum absolute atomic E-state index is 12.6. The van der Waals surface area contributed by atoms with Gasteiger partial charge in [0.15, 0.2) is 0 Å². The van der Waals surface area contributed by atoms with Gasteiger partial charge in [0.05, 0.1) is 11.1 Å². The average Bonchev–Trinajstić information content (AvgIpc) is 2.48. The Morgan fingerprint density at radius 3 is 2.36 bits per heavy atom. The Morgan fingerprint density at radius 1 is 1.23 bits per heavy atom. The molecule has 22 heavy (non-hydrogen) atoms. The number of piperazine rings is 1. The van der Waals surface area contributed by atoms with Gasteiger partial charge in [-0.1, -0.05) is 23.2 Å². The summed E-state index contributed by atoms with van der Waals surface area (Å²) in [4.78, 5) is 13.1. The zero-order valence-corrected chi connectivity index (χ0v) is 14.3.